The molecular weight excluding hydrogens is 827 g/mol. The molecule has 21 nitrogen and oxygen atoms in total. The van der Waals surface area contributed by atoms with Gasteiger partial charge < -0.3 is 64.7 Å². The Morgan fingerprint density at radius 2 is 1.26 bits per heavy atom. The number of fused-ring (bicyclic) bond motifs is 1. The maximum Gasteiger partial charge on any atom is 0.326 e. The number of aromatic amines is 1. The van der Waals surface area contributed by atoms with Gasteiger partial charge in [0.1, 0.15) is 30.2 Å². The van der Waals surface area contributed by atoms with Crippen LogP contribution < -0.4 is 49.5 Å². The lowest BCUT2D eigenvalue weighted by molar-refractivity contribution is -0.142. The monoisotopic (exact) mass is 881 g/mol. The summed E-state index contributed by atoms with van der Waals surface area (Å²) in [6.45, 7) is 0.0537. The molecule has 62 heavy (non-hydrogen) atoms. The molecule has 0 aliphatic carbocycles. The number of carboxylic acids is 2. The highest BCUT2D eigenvalue weighted by molar-refractivity contribution is 7.98. The fourth-order valence-corrected chi connectivity index (χ4v) is 6.72. The zero-order valence-electron chi connectivity index (χ0n) is 34.1. The van der Waals surface area contributed by atoms with Crippen molar-refractivity contribution in [1.82, 2.24) is 31.6 Å². The number of aliphatic carboxylic acids is 2. The van der Waals surface area contributed by atoms with Gasteiger partial charge in [0.15, 0.2) is 5.96 Å². The number of rotatable bonds is 27. The number of aliphatic imine (C=N–C) groups is 1. The number of carbonyl (C=O) groups is 8. The normalized spacial score (nSPS) is 13.8. The Hall–Kier alpha value is -6.68. The molecule has 0 aliphatic heterocycles. The minimum absolute atomic E-state index is 0.0537. The molecule has 0 saturated heterocycles. The molecule has 0 saturated carbocycles. The topological polar surface area (TPSA) is 369 Å². The fourth-order valence-electron chi connectivity index (χ4n) is 6.24. The highest BCUT2D eigenvalue weighted by Gasteiger charge is 2.34. The minimum atomic E-state index is -1.68. The average molecular weight is 882 g/mol. The second-order valence-electron chi connectivity index (χ2n) is 14.3. The lowest BCUT2D eigenvalue weighted by Crippen LogP contribution is -2.60. The third kappa shape index (κ3) is 16.8. The first-order valence-corrected chi connectivity index (χ1v) is 21.0. The van der Waals surface area contributed by atoms with E-state index < -0.39 is 103 Å². The molecule has 2 aromatic carbocycles. The quantitative estimate of drug-likeness (QED) is 0.0232. The van der Waals surface area contributed by atoms with E-state index in [0.29, 0.717) is 16.9 Å². The molecule has 16 N–H and O–H groups in total. The van der Waals surface area contributed by atoms with Crippen LogP contribution in [-0.4, -0.2) is 123 Å². The number of nitrogens with two attached hydrogens (primary N) is 4. The Labute approximate surface area is 361 Å². The molecule has 22 heteroatoms. The molecule has 6 atom stereocenters. The van der Waals surface area contributed by atoms with Crippen molar-refractivity contribution in [2.24, 2.45) is 27.9 Å². The standard InChI is InChI=1S/C40H55N11O10S/c1-62-17-15-25(41)34(55)49-30(20-33(53)54)38(59)48-28(13-14-32(42)52)36(57)50-29(18-22-8-3-2-4-9-22)37(58)47-27(12-7-16-45-40(43)44)35(56)51-31(39(60)61)19-23-21-46-26-11-6-5-10-24(23)26/h2-6,8-11,21,25,27-31,46H,7,12-20,41H2,1H3,(H2,42,52)(H,47,58)(H,48,59)(H,49,55)(H,50,57)(H,51,56)(H,53,54)(H,60,61)(H4,43,44,45). The van der Waals surface area contributed by atoms with Gasteiger partial charge in [0, 0.05) is 42.9 Å². The van der Waals surface area contributed by atoms with Crippen molar-refractivity contribution in [3.05, 3.63) is 71.9 Å². The van der Waals surface area contributed by atoms with Gasteiger partial charge in [0.25, 0.3) is 0 Å². The summed E-state index contributed by atoms with van der Waals surface area (Å²) in [5.74, 6) is -7.97. The van der Waals surface area contributed by atoms with Crippen LogP contribution in [0.4, 0.5) is 0 Å². The summed E-state index contributed by atoms with van der Waals surface area (Å²) in [5.41, 5.74) is 24.1. The van der Waals surface area contributed by atoms with Crippen LogP contribution >= 0.6 is 11.8 Å². The molecular formula is C40H55N11O10S. The molecule has 0 aliphatic rings. The largest absolute Gasteiger partial charge is 0.481 e. The first-order valence-electron chi connectivity index (χ1n) is 19.6. The van der Waals surface area contributed by atoms with Gasteiger partial charge in [-0.3, -0.25) is 38.6 Å². The molecule has 0 fully saturated rings. The second-order valence-corrected chi connectivity index (χ2v) is 15.3. The van der Waals surface area contributed by atoms with Crippen molar-refractivity contribution in [3.63, 3.8) is 0 Å². The van der Waals surface area contributed by atoms with Crippen molar-refractivity contribution in [2.45, 2.75) is 87.6 Å². The van der Waals surface area contributed by atoms with Gasteiger partial charge in [-0.2, -0.15) is 11.8 Å². The number of H-pyrrole nitrogens is 1. The van der Waals surface area contributed by atoms with Gasteiger partial charge in [-0.1, -0.05) is 48.5 Å². The van der Waals surface area contributed by atoms with Crippen LogP contribution in [0.1, 0.15) is 49.7 Å². The minimum Gasteiger partial charge on any atom is -0.481 e. The van der Waals surface area contributed by atoms with Crippen LogP contribution in [0.15, 0.2) is 65.8 Å². The smallest absolute Gasteiger partial charge is 0.326 e. The van der Waals surface area contributed by atoms with Crippen LogP contribution in [0.25, 0.3) is 10.9 Å². The van der Waals surface area contributed by atoms with E-state index in [1.807, 2.05) is 12.1 Å². The zero-order valence-corrected chi connectivity index (χ0v) is 35.0. The van der Waals surface area contributed by atoms with E-state index in [1.54, 1.807) is 54.9 Å². The molecule has 3 aromatic rings. The Balaban J connectivity index is 1.90. The zero-order chi connectivity index (χ0) is 45.8. The van der Waals surface area contributed by atoms with Gasteiger partial charge in [0.2, 0.25) is 35.4 Å². The summed E-state index contributed by atoms with van der Waals surface area (Å²) < 4.78 is 0. The molecule has 336 valence electrons. The lowest BCUT2D eigenvalue weighted by Gasteiger charge is -2.27. The van der Waals surface area contributed by atoms with E-state index in [1.165, 1.54) is 11.8 Å². The summed E-state index contributed by atoms with van der Waals surface area (Å²) in [6, 6.07) is 7.08. The predicted molar refractivity (Wildman–Crippen MR) is 231 cm³/mol. The highest BCUT2D eigenvalue weighted by Crippen LogP contribution is 2.19. The predicted octanol–water partition coefficient (Wildman–Crippen LogP) is -1.66. The van der Waals surface area contributed by atoms with Crippen LogP contribution in [0.2, 0.25) is 0 Å². The van der Waals surface area contributed by atoms with Crippen LogP contribution in [0.5, 0.6) is 0 Å². The van der Waals surface area contributed by atoms with E-state index in [2.05, 4.69) is 36.6 Å². The number of carboxylic acid groups (broad SMARTS) is 2. The van der Waals surface area contributed by atoms with Crippen LogP contribution in [0, 0.1) is 0 Å². The third-order valence-electron chi connectivity index (χ3n) is 9.50. The first-order chi connectivity index (χ1) is 29.5. The fraction of sp³-hybridized carbons (Fsp3) is 0.425. The van der Waals surface area contributed by atoms with E-state index >= 15 is 0 Å². The first kappa shape index (κ1) is 49.7. The van der Waals surface area contributed by atoms with Crippen LogP contribution in [-0.2, 0) is 51.2 Å². The summed E-state index contributed by atoms with van der Waals surface area (Å²) in [6.07, 6.45) is 1.80. The number of carbonyl (C=O) groups excluding carboxylic acids is 6. The van der Waals surface area contributed by atoms with E-state index in [0.717, 1.165) is 10.9 Å². The number of amides is 6. The van der Waals surface area contributed by atoms with Crippen LogP contribution in [0.3, 0.4) is 0 Å². The number of hydrogen-bond donors (Lipinski definition) is 12. The van der Waals surface area contributed by atoms with Crippen molar-refractivity contribution >= 4 is 76.0 Å². The van der Waals surface area contributed by atoms with Crippen molar-refractivity contribution in [1.29, 1.82) is 0 Å². The summed E-state index contributed by atoms with van der Waals surface area (Å²) >= 11 is 1.42. The van der Waals surface area contributed by atoms with Gasteiger partial charge in [-0.15, -0.1) is 0 Å². The van der Waals surface area contributed by atoms with Crippen molar-refractivity contribution in [2.75, 3.05) is 18.6 Å². The number of primary amides is 1. The Bertz CT molecular complexity index is 2060. The molecule has 0 bridgehead atoms. The number of thioether (sulfide) groups is 1. The number of aromatic nitrogens is 1. The number of guanidine groups is 1. The third-order valence-corrected chi connectivity index (χ3v) is 10.1. The number of hydrogen-bond acceptors (Lipinski definition) is 11. The maximum atomic E-state index is 14.2. The number of nitrogens with one attached hydrogen (secondary N) is 6. The van der Waals surface area contributed by atoms with Gasteiger partial charge >= 0.3 is 11.9 Å². The molecule has 6 unspecified atom stereocenters. The molecule has 0 spiro atoms. The number of benzene rings is 2. The molecule has 1 heterocycles. The lowest BCUT2D eigenvalue weighted by atomic mass is 10.0. The van der Waals surface area contributed by atoms with Gasteiger partial charge in [-0.05, 0) is 54.9 Å². The Morgan fingerprint density at radius 3 is 1.87 bits per heavy atom. The van der Waals surface area contributed by atoms with E-state index in [9.17, 15) is 48.6 Å². The van der Waals surface area contributed by atoms with E-state index in [-0.39, 0.29) is 44.6 Å². The average Bonchev–Trinajstić information content (AvgIpc) is 3.63. The SMILES string of the molecule is CSCCC(N)C(=O)NC(CC(=O)O)C(=O)NC(CCC(N)=O)C(=O)NC(Cc1ccccc1)C(=O)NC(CCCN=C(N)N)C(=O)NC(Cc1c[nH]c2ccccc12)C(=O)O. The van der Waals surface area contributed by atoms with Crippen molar-refractivity contribution < 1.29 is 48.6 Å². The Kier molecular flexibility index (Phi) is 20.2. The highest BCUT2D eigenvalue weighted by atomic mass is 32.2. The summed E-state index contributed by atoms with van der Waals surface area (Å²) in [7, 11) is 0. The summed E-state index contributed by atoms with van der Waals surface area (Å²) in [5, 5.41) is 32.8. The molecule has 0 radical (unpaired) electrons. The van der Waals surface area contributed by atoms with Crippen molar-refractivity contribution in [3.8, 4) is 0 Å². The van der Waals surface area contributed by atoms with Gasteiger partial charge in [0.05, 0.1) is 12.5 Å². The summed E-state index contributed by atoms with van der Waals surface area (Å²) in [4.78, 5) is 111. The number of para-hydroxylation sites is 1. The molecule has 3 rings (SSSR count). The van der Waals surface area contributed by atoms with E-state index in [4.69, 9.17) is 22.9 Å². The second kappa shape index (κ2) is 25.2. The maximum absolute atomic E-state index is 14.2. The molecule has 1 aromatic heterocycles. The Morgan fingerprint density at radius 1 is 0.694 bits per heavy atom. The van der Waals surface area contributed by atoms with Gasteiger partial charge in [-0.25, -0.2) is 4.79 Å². The number of nitrogens with zero attached hydrogens (tertiary/aromatic N) is 1. The molecule has 6 amide bonds.